The van der Waals surface area contributed by atoms with Crippen LogP contribution in [0.4, 0.5) is 0 Å². The molecule has 1 aromatic rings. The number of benzene rings is 1. The van der Waals surface area contributed by atoms with Crippen LogP contribution >= 0.6 is 11.6 Å². The van der Waals surface area contributed by atoms with Crippen LogP contribution in [0.25, 0.3) is 0 Å². The van der Waals surface area contributed by atoms with Gasteiger partial charge >= 0.3 is 0 Å². The van der Waals surface area contributed by atoms with Gasteiger partial charge in [0.1, 0.15) is 0 Å². The Balaban J connectivity index is 2.00. The van der Waals surface area contributed by atoms with Gasteiger partial charge in [0.2, 0.25) is 5.91 Å². The first-order chi connectivity index (χ1) is 7.66. The summed E-state index contributed by atoms with van der Waals surface area (Å²) in [6, 6.07) is 8.14. The lowest BCUT2D eigenvalue weighted by atomic mass is 10.1. The van der Waals surface area contributed by atoms with Crippen LogP contribution in [0.3, 0.4) is 0 Å². The van der Waals surface area contributed by atoms with Gasteiger partial charge in [0, 0.05) is 30.1 Å². The molecule has 2 rings (SSSR count). The van der Waals surface area contributed by atoms with E-state index in [2.05, 4.69) is 17.6 Å². The standard InChI is InChI=1S/C12H15ClN2O/c1-8(10-4-2-3-5-11(10)13)15-9-6-12(16)14-7-9/h2-5,8-9,15H,6-7H2,1H3,(H,14,16). The maximum absolute atomic E-state index is 11.1. The van der Waals surface area contributed by atoms with Gasteiger partial charge in [-0.05, 0) is 18.6 Å². The van der Waals surface area contributed by atoms with E-state index >= 15 is 0 Å². The molecule has 1 amide bonds. The zero-order valence-corrected chi connectivity index (χ0v) is 9.92. The summed E-state index contributed by atoms with van der Waals surface area (Å²) < 4.78 is 0. The fraction of sp³-hybridized carbons (Fsp3) is 0.417. The number of carbonyl (C=O) groups is 1. The van der Waals surface area contributed by atoms with E-state index in [9.17, 15) is 4.79 Å². The van der Waals surface area contributed by atoms with Gasteiger partial charge in [-0.2, -0.15) is 0 Å². The highest BCUT2D eigenvalue weighted by Crippen LogP contribution is 2.23. The number of hydrogen-bond donors (Lipinski definition) is 2. The summed E-state index contributed by atoms with van der Waals surface area (Å²) >= 11 is 6.11. The summed E-state index contributed by atoms with van der Waals surface area (Å²) in [6.45, 7) is 2.76. The Hall–Kier alpha value is -1.06. The molecule has 2 unspecified atom stereocenters. The van der Waals surface area contributed by atoms with Crippen LogP contribution < -0.4 is 10.6 Å². The normalized spacial score (nSPS) is 21.9. The molecule has 0 saturated carbocycles. The number of rotatable bonds is 3. The molecule has 1 saturated heterocycles. The quantitative estimate of drug-likeness (QED) is 0.844. The Morgan fingerprint density at radius 2 is 2.25 bits per heavy atom. The molecule has 1 heterocycles. The van der Waals surface area contributed by atoms with E-state index in [0.717, 1.165) is 10.6 Å². The average Bonchev–Trinajstić information content (AvgIpc) is 2.64. The van der Waals surface area contributed by atoms with E-state index in [1.165, 1.54) is 0 Å². The fourth-order valence-corrected chi connectivity index (χ4v) is 2.29. The molecule has 1 aliphatic heterocycles. The van der Waals surface area contributed by atoms with Gasteiger partial charge in [0.15, 0.2) is 0 Å². The second kappa shape index (κ2) is 4.85. The number of hydrogen-bond acceptors (Lipinski definition) is 2. The van der Waals surface area contributed by atoms with Crippen molar-refractivity contribution >= 4 is 17.5 Å². The molecule has 0 spiro atoms. The largest absolute Gasteiger partial charge is 0.354 e. The number of amides is 1. The molecule has 2 N–H and O–H groups in total. The molecule has 4 heteroatoms. The van der Waals surface area contributed by atoms with Crippen LogP contribution in [0.2, 0.25) is 5.02 Å². The number of carbonyl (C=O) groups excluding carboxylic acids is 1. The van der Waals surface area contributed by atoms with Crippen LogP contribution in [0.5, 0.6) is 0 Å². The molecular formula is C12H15ClN2O. The van der Waals surface area contributed by atoms with Crippen molar-refractivity contribution in [2.45, 2.75) is 25.4 Å². The van der Waals surface area contributed by atoms with Crippen LogP contribution in [-0.4, -0.2) is 18.5 Å². The van der Waals surface area contributed by atoms with E-state index in [4.69, 9.17) is 11.6 Å². The molecule has 3 nitrogen and oxygen atoms in total. The lowest BCUT2D eigenvalue weighted by molar-refractivity contribution is -0.119. The van der Waals surface area contributed by atoms with Crippen molar-refractivity contribution in [1.29, 1.82) is 0 Å². The maximum Gasteiger partial charge on any atom is 0.221 e. The Morgan fingerprint density at radius 3 is 2.88 bits per heavy atom. The van der Waals surface area contributed by atoms with Gasteiger partial charge < -0.3 is 10.6 Å². The highest BCUT2D eigenvalue weighted by atomic mass is 35.5. The van der Waals surface area contributed by atoms with Crippen molar-refractivity contribution in [2.24, 2.45) is 0 Å². The van der Waals surface area contributed by atoms with Crippen molar-refractivity contribution in [1.82, 2.24) is 10.6 Å². The zero-order chi connectivity index (χ0) is 11.5. The zero-order valence-electron chi connectivity index (χ0n) is 9.16. The smallest absolute Gasteiger partial charge is 0.221 e. The summed E-state index contributed by atoms with van der Waals surface area (Å²) in [5.41, 5.74) is 1.07. The van der Waals surface area contributed by atoms with Crippen molar-refractivity contribution < 1.29 is 4.79 Å². The second-order valence-corrected chi connectivity index (χ2v) is 4.52. The molecule has 0 radical (unpaired) electrons. The van der Waals surface area contributed by atoms with Crippen molar-refractivity contribution in [3.8, 4) is 0 Å². The first kappa shape index (κ1) is 11.4. The summed E-state index contributed by atoms with van der Waals surface area (Å²) in [4.78, 5) is 11.1. The fourth-order valence-electron chi connectivity index (χ4n) is 1.99. The SMILES string of the molecule is CC(NC1CNC(=O)C1)c1ccccc1Cl. The first-order valence-electron chi connectivity index (χ1n) is 5.44. The van der Waals surface area contributed by atoms with E-state index < -0.39 is 0 Å². The van der Waals surface area contributed by atoms with Crippen molar-refractivity contribution in [2.75, 3.05) is 6.54 Å². The second-order valence-electron chi connectivity index (χ2n) is 4.11. The minimum atomic E-state index is 0.115. The lowest BCUT2D eigenvalue weighted by Gasteiger charge is -2.19. The van der Waals surface area contributed by atoms with Gasteiger partial charge in [0.05, 0.1) is 0 Å². The highest BCUT2D eigenvalue weighted by Gasteiger charge is 2.23. The Bertz CT molecular complexity index is 394. The molecule has 1 aliphatic rings. The third-order valence-electron chi connectivity index (χ3n) is 2.83. The van der Waals surface area contributed by atoms with Crippen LogP contribution in [-0.2, 0) is 4.79 Å². The molecule has 86 valence electrons. The Labute approximate surface area is 100 Å². The Kier molecular flexibility index (Phi) is 3.46. The van der Waals surface area contributed by atoms with E-state index in [0.29, 0.717) is 13.0 Å². The highest BCUT2D eigenvalue weighted by molar-refractivity contribution is 6.31. The van der Waals surface area contributed by atoms with Gasteiger partial charge in [-0.25, -0.2) is 0 Å². The topological polar surface area (TPSA) is 41.1 Å². The molecule has 0 aliphatic carbocycles. The van der Waals surface area contributed by atoms with Crippen LogP contribution in [0.1, 0.15) is 24.9 Å². The van der Waals surface area contributed by atoms with Crippen molar-refractivity contribution in [3.05, 3.63) is 34.9 Å². The molecule has 0 aromatic heterocycles. The molecule has 1 aromatic carbocycles. The summed E-state index contributed by atoms with van der Waals surface area (Å²) in [5.74, 6) is 0.115. The van der Waals surface area contributed by atoms with Crippen molar-refractivity contribution in [3.63, 3.8) is 0 Å². The molecule has 2 atom stereocenters. The number of halogens is 1. The predicted octanol–water partition coefficient (Wildman–Crippen LogP) is 1.88. The molecule has 16 heavy (non-hydrogen) atoms. The molecular weight excluding hydrogens is 224 g/mol. The van der Waals surface area contributed by atoms with Gasteiger partial charge in [-0.15, -0.1) is 0 Å². The minimum Gasteiger partial charge on any atom is -0.354 e. The molecule has 0 bridgehead atoms. The Morgan fingerprint density at radius 1 is 1.50 bits per heavy atom. The third-order valence-corrected chi connectivity index (χ3v) is 3.18. The third kappa shape index (κ3) is 2.54. The number of nitrogens with one attached hydrogen (secondary N) is 2. The minimum absolute atomic E-state index is 0.115. The van der Waals surface area contributed by atoms with E-state index in [1.54, 1.807) is 0 Å². The maximum atomic E-state index is 11.1. The predicted molar refractivity (Wildman–Crippen MR) is 64.4 cm³/mol. The lowest BCUT2D eigenvalue weighted by Crippen LogP contribution is -2.33. The van der Waals surface area contributed by atoms with Gasteiger partial charge in [-0.3, -0.25) is 4.79 Å². The monoisotopic (exact) mass is 238 g/mol. The van der Waals surface area contributed by atoms with Crippen LogP contribution in [0, 0.1) is 0 Å². The summed E-state index contributed by atoms with van der Waals surface area (Å²) in [6.07, 6.45) is 0.550. The van der Waals surface area contributed by atoms with Crippen LogP contribution in [0.15, 0.2) is 24.3 Å². The first-order valence-corrected chi connectivity index (χ1v) is 5.82. The summed E-state index contributed by atoms with van der Waals surface area (Å²) in [5, 5.41) is 6.97. The van der Waals surface area contributed by atoms with Gasteiger partial charge in [0.25, 0.3) is 0 Å². The summed E-state index contributed by atoms with van der Waals surface area (Å²) in [7, 11) is 0. The molecule has 1 fully saturated rings. The van der Waals surface area contributed by atoms with E-state index in [-0.39, 0.29) is 18.0 Å². The van der Waals surface area contributed by atoms with E-state index in [1.807, 2.05) is 24.3 Å². The average molecular weight is 239 g/mol. The van der Waals surface area contributed by atoms with Gasteiger partial charge in [-0.1, -0.05) is 29.8 Å².